The van der Waals surface area contributed by atoms with Crippen molar-refractivity contribution in [3.8, 4) is 0 Å². The lowest BCUT2D eigenvalue weighted by molar-refractivity contribution is -0.120. The molecule has 2 N–H and O–H groups in total. The second-order valence-electron chi connectivity index (χ2n) is 3.92. The molecular weight excluding hydrogens is 286 g/mol. The van der Waals surface area contributed by atoms with Gasteiger partial charge < -0.3 is 10.6 Å². The SMILES string of the molecule is O=C(CNC(=O)c1cncc(Br)c1)NC1CC1. The van der Waals surface area contributed by atoms with Gasteiger partial charge in [0, 0.05) is 22.9 Å². The van der Waals surface area contributed by atoms with E-state index in [0.29, 0.717) is 11.6 Å². The summed E-state index contributed by atoms with van der Waals surface area (Å²) in [6, 6.07) is 1.97. The first-order valence-corrected chi connectivity index (χ1v) is 6.12. The minimum Gasteiger partial charge on any atom is -0.352 e. The Kier molecular flexibility index (Phi) is 3.73. The van der Waals surface area contributed by atoms with Gasteiger partial charge in [-0.3, -0.25) is 14.6 Å². The van der Waals surface area contributed by atoms with E-state index in [-0.39, 0.29) is 18.4 Å². The van der Waals surface area contributed by atoms with Gasteiger partial charge in [0.05, 0.1) is 12.1 Å². The topological polar surface area (TPSA) is 71.1 Å². The molecule has 1 aliphatic rings. The average molecular weight is 298 g/mol. The number of hydrogen-bond acceptors (Lipinski definition) is 3. The Labute approximate surface area is 107 Å². The van der Waals surface area contributed by atoms with Crippen LogP contribution >= 0.6 is 15.9 Å². The van der Waals surface area contributed by atoms with Crippen LogP contribution < -0.4 is 10.6 Å². The van der Waals surface area contributed by atoms with E-state index in [1.54, 1.807) is 12.3 Å². The van der Waals surface area contributed by atoms with Crippen molar-refractivity contribution in [2.24, 2.45) is 0 Å². The third-order valence-electron chi connectivity index (χ3n) is 2.32. The van der Waals surface area contributed by atoms with E-state index in [9.17, 15) is 9.59 Å². The molecule has 2 amide bonds. The van der Waals surface area contributed by atoms with Gasteiger partial charge >= 0.3 is 0 Å². The summed E-state index contributed by atoms with van der Waals surface area (Å²) in [5.41, 5.74) is 0.429. The quantitative estimate of drug-likeness (QED) is 0.866. The lowest BCUT2D eigenvalue weighted by atomic mass is 10.3. The van der Waals surface area contributed by atoms with Crippen LogP contribution in [0.4, 0.5) is 0 Å². The van der Waals surface area contributed by atoms with Gasteiger partial charge in [-0.1, -0.05) is 0 Å². The van der Waals surface area contributed by atoms with Crippen LogP contribution in [0.2, 0.25) is 0 Å². The van der Waals surface area contributed by atoms with Crippen molar-refractivity contribution in [2.75, 3.05) is 6.54 Å². The first-order valence-electron chi connectivity index (χ1n) is 5.33. The Morgan fingerprint density at radius 1 is 1.41 bits per heavy atom. The minimum absolute atomic E-state index is 0.00183. The van der Waals surface area contributed by atoms with Gasteiger partial charge in [-0.2, -0.15) is 0 Å². The smallest absolute Gasteiger partial charge is 0.253 e. The molecule has 0 aromatic carbocycles. The zero-order valence-corrected chi connectivity index (χ0v) is 10.7. The summed E-state index contributed by atoms with van der Waals surface area (Å²) in [6.45, 7) is 0.00183. The minimum atomic E-state index is -0.301. The molecule has 1 heterocycles. The Morgan fingerprint density at radius 3 is 2.82 bits per heavy atom. The Bertz CT molecular complexity index is 446. The molecular formula is C11H12BrN3O2. The molecule has 0 saturated heterocycles. The van der Waals surface area contributed by atoms with Crippen LogP contribution in [0, 0.1) is 0 Å². The van der Waals surface area contributed by atoms with E-state index in [2.05, 4.69) is 31.5 Å². The third-order valence-corrected chi connectivity index (χ3v) is 2.75. The molecule has 1 aromatic heterocycles. The molecule has 0 spiro atoms. The fourth-order valence-electron chi connectivity index (χ4n) is 1.31. The van der Waals surface area contributed by atoms with Crippen molar-refractivity contribution in [1.82, 2.24) is 15.6 Å². The number of aromatic nitrogens is 1. The van der Waals surface area contributed by atoms with Crippen LogP contribution in [-0.4, -0.2) is 29.4 Å². The molecule has 1 saturated carbocycles. The molecule has 0 aliphatic heterocycles. The maximum absolute atomic E-state index is 11.7. The molecule has 6 heteroatoms. The van der Waals surface area contributed by atoms with E-state index >= 15 is 0 Å². The summed E-state index contributed by atoms with van der Waals surface area (Å²) in [5, 5.41) is 5.34. The predicted octanol–water partition coefficient (Wildman–Crippen LogP) is 0.852. The van der Waals surface area contributed by atoms with Gasteiger partial charge in [-0.25, -0.2) is 0 Å². The van der Waals surface area contributed by atoms with Crippen molar-refractivity contribution in [2.45, 2.75) is 18.9 Å². The highest BCUT2D eigenvalue weighted by atomic mass is 79.9. The summed E-state index contributed by atoms with van der Waals surface area (Å²) in [4.78, 5) is 26.9. The fourth-order valence-corrected chi connectivity index (χ4v) is 1.67. The van der Waals surface area contributed by atoms with Gasteiger partial charge in [0.1, 0.15) is 0 Å². The van der Waals surface area contributed by atoms with Crippen molar-refractivity contribution in [3.05, 3.63) is 28.5 Å². The number of halogens is 1. The number of rotatable bonds is 4. The van der Waals surface area contributed by atoms with Gasteiger partial charge in [-0.15, -0.1) is 0 Å². The second kappa shape index (κ2) is 5.27. The molecule has 2 rings (SSSR count). The molecule has 90 valence electrons. The molecule has 0 unspecified atom stereocenters. The zero-order valence-electron chi connectivity index (χ0n) is 9.07. The molecule has 0 radical (unpaired) electrons. The Hall–Kier alpha value is -1.43. The number of pyridine rings is 1. The Balaban J connectivity index is 1.82. The lowest BCUT2D eigenvalue weighted by Crippen LogP contribution is -2.37. The number of carbonyl (C=O) groups is 2. The van der Waals surface area contributed by atoms with Gasteiger partial charge in [0.2, 0.25) is 5.91 Å². The Morgan fingerprint density at radius 2 is 2.18 bits per heavy atom. The molecule has 1 aliphatic carbocycles. The van der Waals surface area contributed by atoms with Crippen LogP contribution in [0.1, 0.15) is 23.2 Å². The molecule has 0 bridgehead atoms. The molecule has 1 fully saturated rings. The van der Waals surface area contributed by atoms with Gasteiger partial charge in [0.15, 0.2) is 0 Å². The van der Waals surface area contributed by atoms with Crippen molar-refractivity contribution >= 4 is 27.7 Å². The normalized spacial score (nSPS) is 14.2. The van der Waals surface area contributed by atoms with Crippen LogP contribution in [0.5, 0.6) is 0 Å². The largest absolute Gasteiger partial charge is 0.352 e. The van der Waals surface area contributed by atoms with E-state index in [0.717, 1.165) is 17.3 Å². The van der Waals surface area contributed by atoms with Crippen molar-refractivity contribution < 1.29 is 9.59 Å². The number of amides is 2. The van der Waals surface area contributed by atoms with E-state index in [4.69, 9.17) is 0 Å². The lowest BCUT2D eigenvalue weighted by Gasteiger charge is -2.05. The van der Waals surface area contributed by atoms with Crippen molar-refractivity contribution in [1.29, 1.82) is 0 Å². The fraction of sp³-hybridized carbons (Fsp3) is 0.364. The highest BCUT2D eigenvalue weighted by molar-refractivity contribution is 9.10. The maximum Gasteiger partial charge on any atom is 0.253 e. The zero-order chi connectivity index (χ0) is 12.3. The second-order valence-corrected chi connectivity index (χ2v) is 4.83. The van der Waals surface area contributed by atoms with E-state index in [1.807, 2.05) is 0 Å². The number of hydrogen-bond donors (Lipinski definition) is 2. The maximum atomic E-state index is 11.7. The van der Waals surface area contributed by atoms with Crippen LogP contribution in [0.15, 0.2) is 22.9 Å². The molecule has 5 nitrogen and oxygen atoms in total. The van der Waals surface area contributed by atoms with Gasteiger partial charge in [-0.05, 0) is 34.8 Å². The third kappa shape index (κ3) is 3.81. The summed E-state index contributed by atoms with van der Waals surface area (Å²) >= 11 is 3.23. The standard InChI is InChI=1S/C11H12BrN3O2/c12-8-3-7(4-13-5-8)11(17)14-6-10(16)15-9-1-2-9/h3-5,9H,1-2,6H2,(H,14,17)(H,15,16). The first kappa shape index (κ1) is 12.0. The summed E-state index contributed by atoms with van der Waals surface area (Å²) in [5.74, 6) is -0.450. The number of nitrogens with zero attached hydrogens (tertiary/aromatic N) is 1. The van der Waals surface area contributed by atoms with Crippen LogP contribution in [-0.2, 0) is 4.79 Å². The number of carbonyl (C=O) groups excluding carboxylic acids is 2. The highest BCUT2D eigenvalue weighted by Gasteiger charge is 2.23. The predicted molar refractivity (Wildman–Crippen MR) is 65.4 cm³/mol. The highest BCUT2D eigenvalue weighted by Crippen LogP contribution is 2.18. The van der Waals surface area contributed by atoms with Crippen molar-refractivity contribution in [3.63, 3.8) is 0 Å². The average Bonchev–Trinajstić information content (AvgIpc) is 3.10. The summed E-state index contributed by atoms with van der Waals surface area (Å²) in [7, 11) is 0. The van der Waals surface area contributed by atoms with Crippen LogP contribution in [0.25, 0.3) is 0 Å². The number of nitrogens with one attached hydrogen (secondary N) is 2. The monoisotopic (exact) mass is 297 g/mol. The molecule has 17 heavy (non-hydrogen) atoms. The molecule has 1 aromatic rings. The van der Waals surface area contributed by atoms with Crippen LogP contribution in [0.3, 0.4) is 0 Å². The molecule has 0 atom stereocenters. The van der Waals surface area contributed by atoms with Gasteiger partial charge in [0.25, 0.3) is 5.91 Å². The van der Waals surface area contributed by atoms with E-state index in [1.165, 1.54) is 6.20 Å². The summed E-state index contributed by atoms with van der Waals surface area (Å²) < 4.78 is 0.729. The summed E-state index contributed by atoms with van der Waals surface area (Å²) in [6.07, 6.45) is 5.12. The van der Waals surface area contributed by atoms with E-state index < -0.39 is 0 Å². The first-order chi connectivity index (χ1) is 8.15.